The molecule has 174 valence electrons. The zero-order valence-electron chi connectivity index (χ0n) is 18.3. The van der Waals surface area contributed by atoms with Gasteiger partial charge >= 0.3 is 0 Å². The van der Waals surface area contributed by atoms with Gasteiger partial charge in [0.25, 0.3) is 5.91 Å². The van der Waals surface area contributed by atoms with E-state index in [0.717, 1.165) is 11.4 Å². The first-order valence-electron chi connectivity index (χ1n) is 10.3. The van der Waals surface area contributed by atoms with E-state index in [1.165, 1.54) is 11.4 Å². The molecule has 0 aromatic heterocycles. The zero-order valence-corrected chi connectivity index (χ0v) is 19.1. The van der Waals surface area contributed by atoms with Gasteiger partial charge in [0.05, 0.1) is 25.7 Å². The minimum absolute atomic E-state index is 0.0170. The van der Waals surface area contributed by atoms with Crippen molar-refractivity contribution in [2.75, 3.05) is 64.2 Å². The number of hydrogen-bond acceptors (Lipinski definition) is 7. The van der Waals surface area contributed by atoms with Gasteiger partial charge < -0.3 is 24.4 Å². The van der Waals surface area contributed by atoms with Gasteiger partial charge in [0, 0.05) is 32.7 Å². The highest BCUT2D eigenvalue weighted by Gasteiger charge is 2.27. The van der Waals surface area contributed by atoms with E-state index >= 15 is 0 Å². The van der Waals surface area contributed by atoms with Gasteiger partial charge in [-0.2, -0.15) is 4.31 Å². The van der Waals surface area contributed by atoms with Crippen molar-refractivity contribution in [1.82, 2.24) is 9.62 Å². The maximum atomic E-state index is 12.7. The fraction of sp³-hybridized carbons (Fsp3) is 0.409. The minimum atomic E-state index is -3.48. The summed E-state index contributed by atoms with van der Waals surface area (Å²) < 4.78 is 42.8. The van der Waals surface area contributed by atoms with Crippen LogP contribution in [0.1, 0.15) is 0 Å². The summed E-state index contributed by atoms with van der Waals surface area (Å²) in [4.78, 5) is 14.1. The van der Waals surface area contributed by atoms with Gasteiger partial charge in [-0.25, -0.2) is 8.42 Å². The lowest BCUT2D eigenvalue weighted by molar-refractivity contribution is -0.122. The molecule has 0 bridgehead atoms. The molecule has 0 aliphatic carbocycles. The van der Waals surface area contributed by atoms with Crippen LogP contribution in [0.15, 0.2) is 48.5 Å². The number of piperazine rings is 1. The van der Waals surface area contributed by atoms with Crippen molar-refractivity contribution in [2.24, 2.45) is 0 Å². The van der Waals surface area contributed by atoms with E-state index in [1.807, 2.05) is 24.3 Å². The predicted molar refractivity (Wildman–Crippen MR) is 122 cm³/mol. The molecule has 1 aliphatic heterocycles. The Morgan fingerprint density at radius 1 is 0.906 bits per heavy atom. The first-order chi connectivity index (χ1) is 15.4. The second kappa shape index (κ2) is 11.1. The molecule has 3 rings (SSSR count). The first-order valence-corrected chi connectivity index (χ1v) is 11.9. The Kier molecular flexibility index (Phi) is 8.18. The fourth-order valence-electron chi connectivity index (χ4n) is 3.48. The topological polar surface area (TPSA) is 97.4 Å². The van der Waals surface area contributed by atoms with E-state index in [-0.39, 0.29) is 18.9 Å². The van der Waals surface area contributed by atoms with Crippen LogP contribution in [0.3, 0.4) is 0 Å². The number of anilines is 1. The highest BCUT2D eigenvalue weighted by Crippen LogP contribution is 2.28. The first kappa shape index (κ1) is 23.7. The Morgan fingerprint density at radius 3 is 2.16 bits per heavy atom. The molecular formula is C22H29N3O6S. The molecule has 0 radical (unpaired) electrons. The molecule has 2 aromatic rings. The van der Waals surface area contributed by atoms with Crippen LogP contribution in [0.25, 0.3) is 0 Å². The van der Waals surface area contributed by atoms with Crippen molar-refractivity contribution >= 4 is 21.6 Å². The Morgan fingerprint density at radius 2 is 1.50 bits per heavy atom. The molecule has 0 spiro atoms. The van der Waals surface area contributed by atoms with Crippen LogP contribution in [0.2, 0.25) is 0 Å². The van der Waals surface area contributed by atoms with Crippen LogP contribution >= 0.6 is 0 Å². The summed E-state index contributed by atoms with van der Waals surface area (Å²) in [6, 6.07) is 14.7. The summed E-state index contributed by atoms with van der Waals surface area (Å²) in [7, 11) is -0.341. The number of ether oxygens (including phenoxy) is 3. The number of carbonyl (C=O) groups excluding carboxylic acids is 1. The van der Waals surface area contributed by atoms with Gasteiger partial charge in [-0.3, -0.25) is 4.79 Å². The fourth-order valence-corrected chi connectivity index (χ4v) is 4.82. The van der Waals surface area contributed by atoms with Crippen LogP contribution in [-0.4, -0.2) is 77.9 Å². The number of methoxy groups -OCH3 is 2. The average Bonchev–Trinajstić information content (AvgIpc) is 2.82. The number of benzene rings is 2. The van der Waals surface area contributed by atoms with E-state index in [2.05, 4.69) is 10.2 Å². The normalized spacial score (nSPS) is 14.6. The molecule has 0 unspecified atom stereocenters. The third-order valence-electron chi connectivity index (χ3n) is 5.17. The van der Waals surface area contributed by atoms with Gasteiger partial charge in [0.1, 0.15) is 5.75 Å². The van der Waals surface area contributed by atoms with Crippen LogP contribution in [0.4, 0.5) is 5.69 Å². The monoisotopic (exact) mass is 463 g/mol. The van der Waals surface area contributed by atoms with E-state index in [9.17, 15) is 13.2 Å². The predicted octanol–water partition coefficient (Wildman–Crippen LogP) is 1.35. The molecule has 2 aromatic carbocycles. The van der Waals surface area contributed by atoms with Crippen LogP contribution in [0, 0.1) is 0 Å². The standard InChI is InChI=1S/C22H29N3O6S/c1-29-19-8-4-3-7-18(19)24-12-14-25(15-13-24)32(27,28)16-11-23-22(26)17-31-21-10-6-5-9-20(21)30-2/h3-10H,11-17H2,1-2H3,(H,23,26). The lowest BCUT2D eigenvalue weighted by atomic mass is 10.2. The second-order valence-corrected chi connectivity index (χ2v) is 9.25. The molecule has 32 heavy (non-hydrogen) atoms. The van der Waals surface area contributed by atoms with Gasteiger partial charge in [0.15, 0.2) is 18.1 Å². The lowest BCUT2D eigenvalue weighted by Crippen LogP contribution is -2.50. The molecule has 9 nitrogen and oxygen atoms in total. The van der Waals surface area contributed by atoms with Crippen molar-refractivity contribution in [3.63, 3.8) is 0 Å². The quantitative estimate of drug-likeness (QED) is 0.568. The number of carbonyl (C=O) groups is 1. The molecule has 1 N–H and O–H groups in total. The van der Waals surface area contributed by atoms with Gasteiger partial charge in [-0.05, 0) is 24.3 Å². The van der Waals surface area contributed by atoms with Crippen molar-refractivity contribution in [2.45, 2.75) is 0 Å². The molecule has 1 amide bonds. The van der Waals surface area contributed by atoms with Crippen molar-refractivity contribution in [1.29, 1.82) is 0 Å². The molecule has 10 heteroatoms. The maximum Gasteiger partial charge on any atom is 0.257 e. The smallest absolute Gasteiger partial charge is 0.257 e. The second-order valence-electron chi connectivity index (χ2n) is 7.16. The van der Waals surface area contributed by atoms with Gasteiger partial charge in [-0.1, -0.05) is 24.3 Å². The van der Waals surface area contributed by atoms with E-state index < -0.39 is 15.9 Å². The summed E-state index contributed by atoms with van der Waals surface area (Å²) in [5.41, 5.74) is 0.953. The maximum absolute atomic E-state index is 12.7. The van der Waals surface area contributed by atoms with Crippen molar-refractivity contribution in [3.05, 3.63) is 48.5 Å². The minimum Gasteiger partial charge on any atom is -0.495 e. The summed E-state index contributed by atoms with van der Waals surface area (Å²) in [6.45, 7) is 1.69. The number of nitrogens with zero attached hydrogens (tertiary/aromatic N) is 2. The van der Waals surface area contributed by atoms with Gasteiger partial charge in [-0.15, -0.1) is 0 Å². The van der Waals surface area contributed by atoms with Crippen LogP contribution in [-0.2, 0) is 14.8 Å². The third-order valence-corrected chi connectivity index (χ3v) is 7.04. The van der Waals surface area contributed by atoms with E-state index in [4.69, 9.17) is 14.2 Å². The van der Waals surface area contributed by atoms with Crippen LogP contribution in [0.5, 0.6) is 17.2 Å². The average molecular weight is 464 g/mol. The highest BCUT2D eigenvalue weighted by molar-refractivity contribution is 7.89. The summed E-state index contributed by atoms with van der Waals surface area (Å²) in [5.74, 6) is 1.18. The van der Waals surface area contributed by atoms with Crippen molar-refractivity contribution in [3.8, 4) is 17.2 Å². The zero-order chi connectivity index (χ0) is 23.0. The number of rotatable bonds is 10. The molecule has 1 fully saturated rings. The molecule has 1 aliphatic rings. The molecule has 1 heterocycles. The van der Waals surface area contributed by atoms with E-state index in [0.29, 0.717) is 37.7 Å². The third kappa shape index (κ3) is 6.04. The van der Waals surface area contributed by atoms with Gasteiger partial charge in [0.2, 0.25) is 10.0 Å². The molecule has 0 atom stereocenters. The summed E-state index contributed by atoms with van der Waals surface area (Å²) in [6.07, 6.45) is 0. The molecular weight excluding hydrogens is 434 g/mol. The lowest BCUT2D eigenvalue weighted by Gasteiger charge is -2.35. The largest absolute Gasteiger partial charge is 0.495 e. The molecule has 1 saturated heterocycles. The Bertz CT molecular complexity index is 1010. The number of hydrogen-bond donors (Lipinski definition) is 1. The van der Waals surface area contributed by atoms with E-state index in [1.54, 1.807) is 31.4 Å². The number of sulfonamides is 1. The summed E-state index contributed by atoms with van der Waals surface area (Å²) >= 11 is 0. The Labute approximate surface area is 188 Å². The number of para-hydroxylation sites is 4. The molecule has 0 saturated carbocycles. The SMILES string of the molecule is COc1ccccc1OCC(=O)NCCS(=O)(=O)N1CCN(c2ccccc2OC)CC1. The van der Waals surface area contributed by atoms with Crippen LogP contribution < -0.4 is 24.4 Å². The van der Waals surface area contributed by atoms with Crippen molar-refractivity contribution < 1.29 is 27.4 Å². The number of amides is 1. The highest BCUT2D eigenvalue weighted by atomic mass is 32.2. The Balaban J connectivity index is 1.43. The Hall–Kier alpha value is -2.98. The summed E-state index contributed by atoms with van der Waals surface area (Å²) in [5, 5.41) is 2.60. The number of nitrogens with one attached hydrogen (secondary N) is 1.